The van der Waals surface area contributed by atoms with Crippen LogP contribution >= 0.6 is 0 Å². The number of hydrogen-bond acceptors (Lipinski definition) is 4. The standard InChI is InChI=1S/C12H17N3O2/c16-10-13-12-8-4-5-9-15(12)14-17-11-6-2-1-3-7-11/h1-3,6-7,10,12,14H,4-5,8-9H2,(H,13,16)/t12-/m0/s1. The molecule has 1 atom stereocenters. The molecule has 1 aliphatic rings. The Labute approximate surface area is 101 Å². The van der Waals surface area contributed by atoms with E-state index in [0.29, 0.717) is 0 Å². The first-order valence-corrected chi connectivity index (χ1v) is 5.84. The molecule has 1 fully saturated rings. The third-order valence-electron chi connectivity index (χ3n) is 2.79. The van der Waals surface area contributed by atoms with Gasteiger partial charge in [-0.05, 0) is 31.4 Å². The van der Waals surface area contributed by atoms with Gasteiger partial charge in [0.2, 0.25) is 6.41 Å². The van der Waals surface area contributed by atoms with Crippen LogP contribution in [0.25, 0.3) is 0 Å². The monoisotopic (exact) mass is 235 g/mol. The van der Waals surface area contributed by atoms with Gasteiger partial charge in [0.05, 0.1) is 6.17 Å². The van der Waals surface area contributed by atoms with Gasteiger partial charge in [-0.15, -0.1) is 0 Å². The first-order valence-electron chi connectivity index (χ1n) is 5.84. The Morgan fingerprint density at radius 2 is 2.12 bits per heavy atom. The molecule has 17 heavy (non-hydrogen) atoms. The van der Waals surface area contributed by atoms with Crippen molar-refractivity contribution >= 4 is 6.41 Å². The molecule has 5 nitrogen and oxygen atoms in total. The Morgan fingerprint density at radius 1 is 1.29 bits per heavy atom. The van der Waals surface area contributed by atoms with E-state index in [9.17, 15) is 4.79 Å². The lowest BCUT2D eigenvalue weighted by Gasteiger charge is -2.34. The van der Waals surface area contributed by atoms with Gasteiger partial charge in [-0.3, -0.25) is 4.79 Å². The molecule has 1 amide bonds. The van der Waals surface area contributed by atoms with Gasteiger partial charge in [-0.1, -0.05) is 23.8 Å². The molecule has 1 aliphatic heterocycles. The summed E-state index contributed by atoms with van der Waals surface area (Å²) in [5.41, 5.74) is 2.88. The zero-order valence-electron chi connectivity index (χ0n) is 9.63. The van der Waals surface area contributed by atoms with Crippen molar-refractivity contribution in [3.05, 3.63) is 30.3 Å². The number of amides is 1. The van der Waals surface area contributed by atoms with E-state index in [4.69, 9.17) is 4.84 Å². The molecule has 0 radical (unpaired) electrons. The number of hydrogen-bond donors (Lipinski definition) is 2. The van der Waals surface area contributed by atoms with Crippen LogP contribution in [0.3, 0.4) is 0 Å². The van der Waals surface area contributed by atoms with Crippen LogP contribution in [0.2, 0.25) is 0 Å². The van der Waals surface area contributed by atoms with Crippen molar-refractivity contribution in [3.8, 4) is 5.75 Å². The van der Waals surface area contributed by atoms with Crippen molar-refractivity contribution in [1.29, 1.82) is 0 Å². The highest BCUT2D eigenvalue weighted by Crippen LogP contribution is 2.13. The molecule has 2 rings (SSSR count). The number of hydrazine groups is 1. The molecular weight excluding hydrogens is 218 g/mol. The summed E-state index contributed by atoms with van der Waals surface area (Å²) in [6.45, 7) is 0.859. The molecule has 0 saturated carbocycles. The Morgan fingerprint density at radius 3 is 2.88 bits per heavy atom. The first kappa shape index (κ1) is 11.9. The van der Waals surface area contributed by atoms with Crippen molar-refractivity contribution < 1.29 is 9.63 Å². The summed E-state index contributed by atoms with van der Waals surface area (Å²) in [4.78, 5) is 15.9. The van der Waals surface area contributed by atoms with Crippen LogP contribution in [-0.4, -0.2) is 24.1 Å². The first-order chi connectivity index (χ1) is 8.40. The van der Waals surface area contributed by atoms with E-state index >= 15 is 0 Å². The summed E-state index contributed by atoms with van der Waals surface area (Å²) >= 11 is 0. The van der Waals surface area contributed by atoms with E-state index in [0.717, 1.165) is 38.0 Å². The number of rotatable bonds is 5. The van der Waals surface area contributed by atoms with Crippen LogP contribution in [0, 0.1) is 0 Å². The topological polar surface area (TPSA) is 53.6 Å². The second-order valence-corrected chi connectivity index (χ2v) is 4.00. The number of carbonyl (C=O) groups excluding carboxylic acids is 1. The lowest BCUT2D eigenvalue weighted by molar-refractivity contribution is -0.115. The van der Waals surface area contributed by atoms with E-state index < -0.39 is 0 Å². The van der Waals surface area contributed by atoms with Crippen LogP contribution in [0.15, 0.2) is 30.3 Å². The Balaban J connectivity index is 1.86. The molecule has 0 aliphatic carbocycles. The average molecular weight is 235 g/mol. The van der Waals surface area contributed by atoms with Crippen LogP contribution in [-0.2, 0) is 4.79 Å². The third kappa shape index (κ3) is 3.44. The minimum atomic E-state index is 0.00459. The molecule has 1 saturated heterocycles. The fraction of sp³-hybridized carbons (Fsp3) is 0.417. The molecule has 1 aromatic rings. The van der Waals surface area contributed by atoms with Gasteiger partial charge in [-0.2, -0.15) is 5.01 Å². The van der Waals surface area contributed by atoms with Gasteiger partial charge in [0, 0.05) is 6.54 Å². The average Bonchev–Trinajstić information content (AvgIpc) is 2.39. The van der Waals surface area contributed by atoms with Crippen molar-refractivity contribution in [3.63, 3.8) is 0 Å². The zero-order chi connectivity index (χ0) is 11.9. The highest BCUT2D eigenvalue weighted by Gasteiger charge is 2.21. The minimum Gasteiger partial charge on any atom is -0.394 e. The fourth-order valence-electron chi connectivity index (χ4n) is 1.89. The minimum absolute atomic E-state index is 0.00459. The lowest BCUT2D eigenvalue weighted by atomic mass is 10.1. The third-order valence-corrected chi connectivity index (χ3v) is 2.79. The molecule has 1 aromatic carbocycles. The Bertz CT molecular complexity index is 345. The van der Waals surface area contributed by atoms with Gasteiger partial charge in [0.1, 0.15) is 5.75 Å². The van der Waals surface area contributed by atoms with Gasteiger partial charge in [-0.25, -0.2) is 0 Å². The maximum absolute atomic E-state index is 10.5. The maximum Gasteiger partial charge on any atom is 0.208 e. The molecule has 1 heterocycles. The van der Waals surface area contributed by atoms with Gasteiger partial charge >= 0.3 is 0 Å². The molecule has 2 N–H and O–H groups in total. The number of piperidine rings is 1. The molecule has 0 spiro atoms. The summed E-state index contributed by atoms with van der Waals surface area (Å²) in [6.07, 6.45) is 3.89. The quantitative estimate of drug-likeness (QED) is 0.591. The van der Waals surface area contributed by atoms with Gasteiger partial charge in [0.25, 0.3) is 0 Å². The summed E-state index contributed by atoms with van der Waals surface area (Å²) < 4.78 is 0. The van der Waals surface area contributed by atoms with Crippen molar-refractivity contribution in [2.24, 2.45) is 0 Å². The number of nitrogens with zero attached hydrogens (tertiary/aromatic N) is 1. The Kier molecular flexibility index (Phi) is 4.35. The predicted molar refractivity (Wildman–Crippen MR) is 63.8 cm³/mol. The highest BCUT2D eigenvalue weighted by atomic mass is 16.7. The second-order valence-electron chi connectivity index (χ2n) is 4.00. The number of carbonyl (C=O) groups is 1. The predicted octanol–water partition coefficient (Wildman–Crippen LogP) is 1.04. The zero-order valence-corrected chi connectivity index (χ0v) is 9.63. The molecular formula is C12H17N3O2. The molecule has 0 bridgehead atoms. The normalized spacial score (nSPS) is 20.8. The molecule has 5 heteroatoms. The summed E-state index contributed by atoms with van der Waals surface area (Å²) in [5.74, 6) is 0.753. The van der Waals surface area contributed by atoms with Crippen molar-refractivity contribution in [1.82, 2.24) is 15.9 Å². The smallest absolute Gasteiger partial charge is 0.208 e. The SMILES string of the molecule is O=CN[C@@H]1CCCCN1NOc1ccccc1. The van der Waals surface area contributed by atoms with E-state index in [-0.39, 0.29) is 6.17 Å². The van der Waals surface area contributed by atoms with Gasteiger partial charge < -0.3 is 10.2 Å². The van der Waals surface area contributed by atoms with E-state index in [1.165, 1.54) is 0 Å². The summed E-state index contributed by atoms with van der Waals surface area (Å²) in [6, 6.07) is 9.51. The van der Waals surface area contributed by atoms with Crippen LogP contribution < -0.4 is 15.7 Å². The summed E-state index contributed by atoms with van der Waals surface area (Å²) in [5, 5.41) is 4.68. The summed E-state index contributed by atoms with van der Waals surface area (Å²) in [7, 11) is 0. The Hall–Kier alpha value is -1.59. The van der Waals surface area contributed by atoms with Crippen LogP contribution in [0.5, 0.6) is 5.75 Å². The van der Waals surface area contributed by atoms with Gasteiger partial charge in [0.15, 0.2) is 0 Å². The number of benzene rings is 1. The van der Waals surface area contributed by atoms with Crippen molar-refractivity contribution in [2.75, 3.05) is 6.54 Å². The lowest BCUT2D eigenvalue weighted by Crippen LogP contribution is -2.55. The van der Waals surface area contributed by atoms with Crippen LogP contribution in [0.4, 0.5) is 0 Å². The number of para-hydroxylation sites is 1. The highest BCUT2D eigenvalue weighted by molar-refractivity contribution is 5.46. The fourth-order valence-corrected chi connectivity index (χ4v) is 1.89. The van der Waals surface area contributed by atoms with Crippen LogP contribution in [0.1, 0.15) is 19.3 Å². The van der Waals surface area contributed by atoms with E-state index in [2.05, 4.69) is 10.9 Å². The molecule has 0 unspecified atom stereocenters. The molecule has 92 valence electrons. The maximum atomic E-state index is 10.5. The van der Waals surface area contributed by atoms with Crippen molar-refractivity contribution in [2.45, 2.75) is 25.4 Å². The number of nitrogens with one attached hydrogen (secondary N) is 2. The van der Waals surface area contributed by atoms with E-state index in [1.807, 2.05) is 35.3 Å². The second kappa shape index (κ2) is 6.22. The van der Waals surface area contributed by atoms with E-state index in [1.54, 1.807) is 0 Å². The molecule has 0 aromatic heterocycles. The largest absolute Gasteiger partial charge is 0.394 e.